The molecular formula is C10H16Br3NO4. The van der Waals surface area contributed by atoms with Crippen molar-refractivity contribution in [1.29, 1.82) is 0 Å². The van der Waals surface area contributed by atoms with E-state index in [0.717, 1.165) is 0 Å². The van der Waals surface area contributed by atoms with Crippen LogP contribution in [0.5, 0.6) is 0 Å². The summed E-state index contributed by atoms with van der Waals surface area (Å²) >= 11 is 9.57. The summed E-state index contributed by atoms with van der Waals surface area (Å²) in [6.45, 7) is 6.80. The summed E-state index contributed by atoms with van der Waals surface area (Å²) in [5.74, 6) is -0.552. The quantitative estimate of drug-likeness (QED) is 0.526. The smallest absolute Gasteiger partial charge is 0.408 e. The molecule has 0 fully saturated rings. The summed E-state index contributed by atoms with van der Waals surface area (Å²) in [4.78, 5) is 22.9. The number of ether oxygens (including phenoxy) is 2. The third kappa shape index (κ3) is 10.1. The van der Waals surface area contributed by atoms with Crippen molar-refractivity contribution in [3.63, 3.8) is 0 Å². The van der Waals surface area contributed by atoms with Crippen LogP contribution >= 0.6 is 47.8 Å². The Bertz CT molecular complexity index is 309. The van der Waals surface area contributed by atoms with Gasteiger partial charge in [0.2, 0.25) is 0 Å². The summed E-state index contributed by atoms with van der Waals surface area (Å²) in [5, 5.41) is 2.39. The van der Waals surface area contributed by atoms with E-state index in [-0.39, 0.29) is 6.61 Å². The van der Waals surface area contributed by atoms with Gasteiger partial charge in [0.1, 0.15) is 18.2 Å². The van der Waals surface area contributed by atoms with Gasteiger partial charge in [-0.25, -0.2) is 9.59 Å². The highest BCUT2D eigenvalue weighted by molar-refractivity contribution is 9.39. The predicted molar refractivity (Wildman–Crippen MR) is 79.3 cm³/mol. The summed E-state index contributed by atoms with van der Waals surface area (Å²) in [7, 11) is 0. The molecule has 0 aliphatic carbocycles. The lowest BCUT2D eigenvalue weighted by atomic mass is 10.2. The molecule has 0 aromatic carbocycles. The van der Waals surface area contributed by atoms with Crippen molar-refractivity contribution in [2.24, 2.45) is 0 Å². The summed E-state index contributed by atoms with van der Waals surface area (Å²) in [6.07, 6.45) is -0.658. The second-order valence-electron chi connectivity index (χ2n) is 4.59. The lowest BCUT2D eigenvalue weighted by Gasteiger charge is -2.21. The number of rotatable bonds is 3. The first-order chi connectivity index (χ1) is 7.91. The van der Waals surface area contributed by atoms with E-state index in [4.69, 9.17) is 9.47 Å². The Hall–Kier alpha value is 0.180. The Kier molecular flexibility index (Phi) is 7.16. The van der Waals surface area contributed by atoms with Crippen molar-refractivity contribution in [2.75, 3.05) is 6.61 Å². The van der Waals surface area contributed by atoms with E-state index < -0.39 is 25.8 Å². The Morgan fingerprint density at radius 1 is 1.22 bits per heavy atom. The number of esters is 1. The third-order valence-corrected chi connectivity index (χ3v) is 2.15. The molecule has 106 valence electrons. The van der Waals surface area contributed by atoms with Gasteiger partial charge in [-0.15, -0.1) is 0 Å². The van der Waals surface area contributed by atoms with Crippen molar-refractivity contribution >= 4 is 59.9 Å². The van der Waals surface area contributed by atoms with E-state index >= 15 is 0 Å². The molecule has 5 nitrogen and oxygen atoms in total. The molecule has 0 aromatic heterocycles. The third-order valence-electron chi connectivity index (χ3n) is 1.46. The Balaban J connectivity index is 4.13. The Morgan fingerprint density at radius 2 is 1.72 bits per heavy atom. The van der Waals surface area contributed by atoms with Gasteiger partial charge in [-0.05, 0) is 27.7 Å². The zero-order valence-electron chi connectivity index (χ0n) is 10.6. The van der Waals surface area contributed by atoms with Crippen LogP contribution in [0.25, 0.3) is 0 Å². The molecule has 1 N–H and O–H groups in total. The molecule has 8 heteroatoms. The zero-order valence-corrected chi connectivity index (χ0v) is 15.3. The molecule has 0 radical (unpaired) electrons. The highest BCUT2D eigenvalue weighted by Gasteiger charge is 2.25. The minimum Gasteiger partial charge on any atom is -0.461 e. The topological polar surface area (TPSA) is 64.6 Å². The first kappa shape index (κ1) is 18.2. The number of carbonyl (C=O) groups excluding carboxylic acids is 2. The lowest BCUT2D eigenvalue weighted by molar-refractivity contribution is -0.145. The van der Waals surface area contributed by atoms with Gasteiger partial charge in [0.25, 0.3) is 0 Å². The molecule has 0 aromatic rings. The van der Waals surface area contributed by atoms with Gasteiger partial charge >= 0.3 is 12.1 Å². The molecule has 0 rings (SSSR count). The molecular weight excluding hydrogens is 438 g/mol. The lowest BCUT2D eigenvalue weighted by Crippen LogP contribution is -2.42. The molecule has 0 saturated carbocycles. The molecule has 0 aliphatic heterocycles. The summed E-state index contributed by atoms with van der Waals surface area (Å²) in [6, 6.07) is -0.783. The normalized spacial score (nSPS) is 13.7. The van der Waals surface area contributed by atoms with Gasteiger partial charge in [0.15, 0.2) is 2.14 Å². The van der Waals surface area contributed by atoms with Crippen LogP contribution in [0.3, 0.4) is 0 Å². The number of carbonyl (C=O) groups is 2. The van der Waals surface area contributed by atoms with E-state index in [0.29, 0.717) is 0 Å². The maximum Gasteiger partial charge on any atom is 0.408 e. The SMILES string of the molecule is C[C@@H](NC(=O)OC(C)(C)C)C(=O)OCC(Br)(Br)Br. The van der Waals surface area contributed by atoms with Crippen LogP contribution in [0.4, 0.5) is 4.79 Å². The summed E-state index contributed by atoms with van der Waals surface area (Å²) < 4.78 is 9.31. The van der Waals surface area contributed by atoms with Crippen LogP contribution < -0.4 is 5.32 Å². The second-order valence-corrected chi connectivity index (χ2v) is 11.8. The second kappa shape index (κ2) is 7.09. The predicted octanol–water partition coefficient (Wildman–Crippen LogP) is 3.28. The molecule has 0 spiro atoms. The molecule has 1 amide bonds. The first-order valence-corrected chi connectivity index (χ1v) is 7.51. The Labute approximate surface area is 132 Å². The van der Waals surface area contributed by atoms with Crippen LogP contribution in [0, 0.1) is 0 Å². The molecule has 0 unspecified atom stereocenters. The first-order valence-electron chi connectivity index (χ1n) is 5.13. The average Bonchev–Trinajstić information content (AvgIpc) is 2.09. The van der Waals surface area contributed by atoms with E-state index in [9.17, 15) is 9.59 Å². The van der Waals surface area contributed by atoms with Gasteiger partial charge in [-0.1, -0.05) is 47.8 Å². The maximum atomic E-state index is 11.5. The van der Waals surface area contributed by atoms with Crippen LogP contribution in [0.2, 0.25) is 0 Å². The highest BCUT2D eigenvalue weighted by Crippen LogP contribution is 2.33. The van der Waals surface area contributed by atoms with Gasteiger partial charge in [0, 0.05) is 0 Å². The van der Waals surface area contributed by atoms with E-state index in [1.54, 1.807) is 20.8 Å². The van der Waals surface area contributed by atoms with Crippen LogP contribution in [-0.4, -0.2) is 32.5 Å². The van der Waals surface area contributed by atoms with Gasteiger partial charge < -0.3 is 14.8 Å². The zero-order chi connectivity index (χ0) is 14.6. The van der Waals surface area contributed by atoms with Gasteiger partial charge in [-0.2, -0.15) is 0 Å². The standard InChI is InChI=1S/C10H16Br3NO4/c1-6(7(15)17-5-10(11,12)13)14-8(16)18-9(2,3)4/h6H,5H2,1-4H3,(H,14,16)/t6-/m1/s1. The molecule has 0 aliphatic rings. The Morgan fingerprint density at radius 3 is 2.11 bits per heavy atom. The number of nitrogens with one attached hydrogen (secondary N) is 1. The fourth-order valence-corrected chi connectivity index (χ4v) is 1.16. The molecule has 0 bridgehead atoms. The van der Waals surface area contributed by atoms with Crippen LogP contribution in [0.1, 0.15) is 27.7 Å². The molecule has 0 heterocycles. The van der Waals surface area contributed by atoms with Gasteiger partial charge in [0.05, 0.1) is 0 Å². The van der Waals surface area contributed by atoms with E-state index in [1.165, 1.54) is 6.92 Å². The number of amides is 1. The number of hydrogen-bond acceptors (Lipinski definition) is 4. The molecule has 1 atom stereocenters. The van der Waals surface area contributed by atoms with Crippen LogP contribution in [0.15, 0.2) is 0 Å². The largest absolute Gasteiger partial charge is 0.461 e. The minimum atomic E-state index is -0.783. The average molecular weight is 454 g/mol. The monoisotopic (exact) mass is 451 g/mol. The van der Waals surface area contributed by atoms with Crippen molar-refractivity contribution in [1.82, 2.24) is 5.32 Å². The fraction of sp³-hybridized carbons (Fsp3) is 0.800. The number of hydrogen-bond donors (Lipinski definition) is 1. The van der Waals surface area contributed by atoms with Crippen molar-refractivity contribution in [3.05, 3.63) is 0 Å². The van der Waals surface area contributed by atoms with Crippen molar-refractivity contribution in [3.8, 4) is 0 Å². The summed E-state index contributed by atoms with van der Waals surface area (Å²) in [5.41, 5.74) is -0.607. The van der Waals surface area contributed by atoms with E-state index in [1.807, 2.05) is 0 Å². The minimum absolute atomic E-state index is 0.0617. The number of halogens is 3. The number of alkyl halides is 3. The van der Waals surface area contributed by atoms with Crippen molar-refractivity contribution < 1.29 is 19.1 Å². The van der Waals surface area contributed by atoms with Gasteiger partial charge in [-0.3, -0.25) is 0 Å². The molecule has 18 heavy (non-hydrogen) atoms. The number of alkyl carbamates (subject to hydrolysis) is 1. The van der Waals surface area contributed by atoms with Crippen LogP contribution in [-0.2, 0) is 14.3 Å². The molecule has 0 saturated heterocycles. The van der Waals surface area contributed by atoms with Crippen molar-refractivity contribution in [2.45, 2.75) is 41.5 Å². The fourth-order valence-electron chi connectivity index (χ4n) is 0.821. The maximum absolute atomic E-state index is 11.5. The highest BCUT2D eigenvalue weighted by atomic mass is 80.0. The van der Waals surface area contributed by atoms with E-state index in [2.05, 4.69) is 53.1 Å².